The Morgan fingerprint density at radius 3 is 2.50 bits per heavy atom. The van der Waals surface area contributed by atoms with Gasteiger partial charge in [0.25, 0.3) is 0 Å². The fourth-order valence-corrected chi connectivity index (χ4v) is 2.72. The number of nitrogens with one attached hydrogen (secondary N) is 1. The maximum absolute atomic E-state index is 3.63. The van der Waals surface area contributed by atoms with Gasteiger partial charge >= 0.3 is 0 Å². The third kappa shape index (κ3) is 6.01. The second-order valence-corrected chi connectivity index (χ2v) is 5.84. The van der Waals surface area contributed by atoms with Crippen LogP contribution in [0.2, 0.25) is 0 Å². The molecule has 18 heavy (non-hydrogen) atoms. The third-order valence-corrected chi connectivity index (χ3v) is 4.26. The minimum absolute atomic E-state index is 0.602. The predicted octanol–water partition coefficient (Wildman–Crippen LogP) is 4.94. The smallest absolute Gasteiger partial charge is 0.0207 e. The summed E-state index contributed by atoms with van der Waals surface area (Å²) in [4.78, 5) is 0. The minimum atomic E-state index is 0.602. The molecule has 0 aliphatic heterocycles. The first kappa shape index (κ1) is 15.7. The van der Waals surface area contributed by atoms with Crippen molar-refractivity contribution in [3.63, 3.8) is 0 Å². The molecule has 1 unspecified atom stereocenters. The highest BCUT2D eigenvalue weighted by Gasteiger charge is 2.08. The monoisotopic (exact) mass is 311 g/mol. The molecule has 1 rings (SSSR count). The van der Waals surface area contributed by atoms with Crippen LogP contribution in [0.4, 0.5) is 0 Å². The van der Waals surface area contributed by atoms with Gasteiger partial charge in [0.2, 0.25) is 0 Å². The van der Waals surface area contributed by atoms with Gasteiger partial charge in [-0.3, -0.25) is 0 Å². The van der Waals surface area contributed by atoms with E-state index in [1.807, 2.05) is 0 Å². The molecule has 0 aromatic heterocycles. The summed E-state index contributed by atoms with van der Waals surface area (Å²) in [5.41, 5.74) is 1.41. The van der Waals surface area contributed by atoms with Crippen LogP contribution in [0.25, 0.3) is 0 Å². The van der Waals surface area contributed by atoms with E-state index in [1.54, 1.807) is 0 Å². The van der Waals surface area contributed by atoms with E-state index in [1.165, 1.54) is 48.6 Å². The van der Waals surface area contributed by atoms with Crippen LogP contribution in [0.15, 0.2) is 28.7 Å². The lowest BCUT2D eigenvalue weighted by Gasteiger charge is -2.17. The van der Waals surface area contributed by atoms with E-state index in [0.29, 0.717) is 6.04 Å². The van der Waals surface area contributed by atoms with Gasteiger partial charge in [0, 0.05) is 10.5 Å². The first-order valence-electron chi connectivity index (χ1n) is 7.18. The Balaban J connectivity index is 2.31. The van der Waals surface area contributed by atoms with Crippen LogP contribution >= 0.6 is 15.9 Å². The molecule has 0 bridgehead atoms. The lowest BCUT2D eigenvalue weighted by atomic mass is 10.00. The molecule has 0 heterocycles. The zero-order valence-corrected chi connectivity index (χ0v) is 13.3. The predicted molar refractivity (Wildman–Crippen MR) is 84.1 cm³/mol. The van der Waals surface area contributed by atoms with E-state index >= 15 is 0 Å². The lowest BCUT2D eigenvalue weighted by molar-refractivity contribution is 0.481. The van der Waals surface area contributed by atoms with E-state index in [-0.39, 0.29) is 0 Å². The number of hydrogen-bond donors (Lipinski definition) is 1. The fraction of sp³-hybridized carbons (Fsp3) is 0.625. The largest absolute Gasteiger partial charge is 0.317 e. The topological polar surface area (TPSA) is 12.0 Å². The molecule has 0 aliphatic carbocycles. The van der Waals surface area contributed by atoms with Crippen LogP contribution in [-0.4, -0.2) is 13.1 Å². The molecular weight excluding hydrogens is 286 g/mol. The SMILES string of the molecule is CCCCCCCC(Cc1ccccc1Br)NC. The lowest BCUT2D eigenvalue weighted by Crippen LogP contribution is -2.27. The maximum atomic E-state index is 3.63. The molecule has 1 aromatic carbocycles. The number of benzene rings is 1. The molecule has 102 valence electrons. The summed E-state index contributed by atoms with van der Waals surface area (Å²) in [5.74, 6) is 0. The van der Waals surface area contributed by atoms with Gasteiger partial charge in [-0.2, -0.15) is 0 Å². The van der Waals surface area contributed by atoms with E-state index < -0.39 is 0 Å². The zero-order chi connectivity index (χ0) is 13.2. The molecule has 0 spiro atoms. The number of rotatable bonds is 9. The van der Waals surface area contributed by atoms with Crippen molar-refractivity contribution in [1.29, 1.82) is 0 Å². The standard InChI is InChI=1S/C16H26BrN/c1-3-4-5-6-7-11-15(18-2)13-14-10-8-9-12-16(14)17/h8-10,12,15,18H,3-7,11,13H2,1-2H3. The van der Waals surface area contributed by atoms with Gasteiger partial charge in [0.1, 0.15) is 0 Å². The van der Waals surface area contributed by atoms with Gasteiger partial charge in [0.15, 0.2) is 0 Å². The molecule has 0 fully saturated rings. The molecular formula is C16H26BrN. The Kier molecular flexibility index (Phi) is 8.36. The summed E-state index contributed by atoms with van der Waals surface area (Å²) in [6.45, 7) is 2.27. The van der Waals surface area contributed by atoms with Crippen LogP contribution in [0, 0.1) is 0 Å². The molecule has 0 saturated carbocycles. The van der Waals surface area contributed by atoms with E-state index in [9.17, 15) is 0 Å². The van der Waals surface area contributed by atoms with Gasteiger partial charge in [-0.1, -0.05) is 73.2 Å². The molecule has 1 N–H and O–H groups in total. The van der Waals surface area contributed by atoms with Crippen LogP contribution < -0.4 is 5.32 Å². The van der Waals surface area contributed by atoms with Crippen LogP contribution in [0.3, 0.4) is 0 Å². The molecule has 0 saturated heterocycles. The summed E-state index contributed by atoms with van der Waals surface area (Å²) in [6, 6.07) is 9.14. The van der Waals surface area contributed by atoms with Gasteiger partial charge < -0.3 is 5.32 Å². The Morgan fingerprint density at radius 2 is 1.83 bits per heavy atom. The molecule has 0 aliphatic rings. The first-order valence-corrected chi connectivity index (χ1v) is 7.98. The summed E-state index contributed by atoms with van der Waals surface area (Å²) in [5, 5.41) is 3.45. The normalized spacial score (nSPS) is 12.6. The Morgan fingerprint density at radius 1 is 1.11 bits per heavy atom. The van der Waals surface area contributed by atoms with Crippen molar-refractivity contribution >= 4 is 15.9 Å². The summed E-state index contributed by atoms with van der Waals surface area (Å²) < 4.78 is 1.23. The van der Waals surface area contributed by atoms with Crippen LogP contribution in [0.5, 0.6) is 0 Å². The van der Waals surface area contributed by atoms with E-state index in [2.05, 4.69) is 59.5 Å². The van der Waals surface area contributed by atoms with Gasteiger partial charge in [-0.25, -0.2) is 0 Å². The average Bonchev–Trinajstić information content (AvgIpc) is 2.39. The quantitative estimate of drug-likeness (QED) is 0.637. The molecule has 1 nitrogen and oxygen atoms in total. The average molecular weight is 312 g/mol. The molecule has 1 aromatic rings. The Labute approximate surface area is 120 Å². The molecule has 0 amide bonds. The van der Waals surface area contributed by atoms with Gasteiger partial charge in [0.05, 0.1) is 0 Å². The van der Waals surface area contributed by atoms with E-state index in [4.69, 9.17) is 0 Å². The van der Waals surface area contributed by atoms with Crippen molar-refractivity contribution in [2.75, 3.05) is 7.05 Å². The van der Waals surface area contributed by atoms with Crippen molar-refractivity contribution in [3.05, 3.63) is 34.3 Å². The number of halogens is 1. The molecule has 0 radical (unpaired) electrons. The van der Waals surface area contributed by atoms with Crippen molar-refractivity contribution < 1.29 is 0 Å². The van der Waals surface area contributed by atoms with Crippen molar-refractivity contribution in [1.82, 2.24) is 5.32 Å². The first-order chi connectivity index (χ1) is 8.77. The van der Waals surface area contributed by atoms with Gasteiger partial charge in [-0.05, 0) is 31.5 Å². The van der Waals surface area contributed by atoms with Crippen molar-refractivity contribution in [3.8, 4) is 0 Å². The third-order valence-electron chi connectivity index (χ3n) is 3.49. The van der Waals surface area contributed by atoms with Crippen molar-refractivity contribution in [2.45, 2.75) is 57.9 Å². The fourth-order valence-electron chi connectivity index (χ4n) is 2.27. The highest BCUT2D eigenvalue weighted by molar-refractivity contribution is 9.10. The second kappa shape index (κ2) is 9.57. The van der Waals surface area contributed by atoms with Crippen molar-refractivity contribution in [2.24, 2.45) is 0 Å². The molecule has 1 atom stereocenters. The second-order valence-electron chi connectivity index (χ2n) is 4.98. The summed E-state index contributed by atoms with van der Waals surface area (Å²) in [6.07, 6.45) is 9.22. The van der Waals surface area contributed by atoms with E-state index in [0.717, 1.165) is 6.42 Å². The zero-order valence-electron chi connectivity index (χ0n) is 11.7. The molecule has 2 heteroatoms. The number of likely N-dealkylation sites (N-methyl/N-ethyl adjacent to an activating group) is 1. The van der Waals surface area contributed by atoms with Crippen LogP contribution in [-0.2, 0) is 6.42 Å². The number of unbranched alkanes of at least 4 members (excludes halogenated alkanes) is 4. The van der Waals surface area contributed by atoms with Gasteiger partial charge in [-0.15, -0.1) is 0 Å². The Bertz CT molecular complexity index is 325. The summed E-state index contributed by atoms with van der Waals surface area (Å²) in [7, 11) is 2.08. The minimum Gasteiger partial charge on any atom is -0.317 e. The number of hydrogen-bond acceptors (Lipinski definition) is 1. The van der Waals surface area contributed by atoms with Crippen LogP contribution in [0.1, 0.15) is 51.0 Å². The Hall–Kier alpha value is -0.340. The maximum Gasteiger partial charge on any atom is 0.0207 e. The summed E-state index contributed by atoms with van der Waals surface area (Å²) >= 11 is 3.63. The highest BCUT2D eigenvalue weighted by atomic mass is 79.9. The highest BCUT2D eigenvalue weighted by Crippen LogP contribution is 2.19.